The highest BCUT2D eigenvalue weighted by Gasteiger charge is 2.05. The van der Waals surface area contributed by atoms with Crippen molar-refractivity contribution in [3.8, 4) is 5.75 Å². The molecule has 0 heterocycles. The number of anilines is 1. The van der Waals surface area contributed by atoms with Crippen molar-refractivity contribution < 1.29 is 14.3 Å². The lowest BCUT2D eigenvalue weighted by Crippen LogP contribution is -2.19. The molecule has 0 fully saturated rings. The van der Waals surface area contributed by atoms with Gasteiger partial charge < -0.3 is 10.1 Å². The minimum absolute atomic E-state index is 0.117. The van der Waals surface area contributed by atoms with Crippen LogP contribution in [0.5, 0.6) is 5.75 Å². The zero-order valence-electron chi connectivity index (χ0n) is 11.2. The lowest BCUT2D eigenvalue weighted by Gasteiger charge is -2.06. The topological polar surface area (TPSA) is 79.8 Å². The summed E-state index contributed by atoms with van der Waals surface area (Å²) in [5, 5.41) is 6.49. The predicted octanol–water partition coefficient (Wildman–Crippen LogP) is 1.54. The van der Waals surface area contributed by atoms with E-state index in [0.717, 1.165) is 5.75 Å². The van der Waals surface area contributed by atoms with Crippen molar-refractivity contribution in [2.24, 2.45) is 5.10 Å². The van der Waals surface area contributed by atoms with E-state index in [2.05, 4.69) is 15.8 Å². The predicted molar refractivity (Wildman–Crippen MR) is 73.2 cm³/mol. The Morgan fingerprint density at radius 3 is 2.37 bits per heavy atom. The number of hydrogen-bond donors (Lipinski definition) is 2. The summed E-state index contributed by atoms with van der Waals surface area (Å²) >= 11 is 0. The molecule has 0 saturated carbocycles. The minimum atomic E-state index is -0.269. The number of carbonyl (C=O) groups excluding carboxylic acids is 2. The van der Waals surface area contributed by atoms with Crippen LogP contribution >= 0.6 is 0 Å². The maximum atomic E-state index is 11.7. The van der Waals surface area contributed by atoms with E-state index in [1.54, 1.807) is 38.3 Å². The molecule has 6 nitrogen and oxygen atoms in total. The van der Waals surface area contributed by atoms with Crippen molar-refractivity contribution in [1.29, 1.82) is 0 Å². The van der Waals surface area contributed by atoms with Gasteiger partial charge in [-0.1, -0.05) is 0 Å². The molecule has 1 aromatic carbocycles. The fourth-order valence-electron chi connectivity index (χ4n) is 1.33. The zero-order chi connectivity index (χ0) is 14.3. The van der Waals surface area contributed by atoms with Crippen molar-refractivity contribution in [1.82, 2.24) is 5.43 Å². The molecule has 0 unspecified atom stereocenters. The van der Waals surface area contributed by atoms with Crippen molar-refractivity contribution in [3.63, 3.8) is 0 Å². The standard InChI is InChI=1S/C13H17N3O3/c1-9(15-16-10(2)17)8-13(18)14-11-4-6-12(19-3)7-5-11/h4-7H,8H2,1-3H3,(H,14,18)(H,16,17). The number of benzene rings is 1. The number of carbonyl (C=O) groups is 2. The number of nitrogens with zero attached hydrogens (tertiary/aromatic N) is 1. The van der Waals surface area contributed by atoms with E-state index < -0.39 is 0 Å². The molecule has 1 rings (SSSR count). The molecule has 2 amide bonds. The normalized spacial score (nSPS) is 10.8. The molecule has 19 heavy (non-hydrogen) atoms. The maximum absolute atomic E-state index is 11.7. The first-order valence-electron chi connectivity index (χ1n) is 5.75. The maximum Gasteiger partial charge on any atom is 0.236 e. The van der Waals surface area contributed by atoms with Crippen LogP contribution in [0.15, 0.2) is 29.4 Å². The third kappa shape index (κ3) is 5.67. The summed E-state index contributed by atoms with van der Waals surface area (Å²) in [6, 6.07) is 7.01. The van der Waals surface area contributed by atoms with E-state index in [9.17, 15) is 9.59 Å². The molecule has 0 spiro atoms. The van der Waals surface area contributed by atoms with Gasteiger partial charge in [-0.25, -0.2) is 5.43 Å². The van der Waals surface area contributed by atoms with Crippen molar-refractivity contribution in [2.45, 2.75) is 20.3 Å². The summed E-state index contributed by atoms with van der Waals surface area (Å²) in [5.74, 6) is 0.257. The van der Waals surface area contributed by atoms with Gasteiger partial charge in [0.15, 0.2) is 0 Å². The number of hydrazone groups is 1. The first-order chi connectivity index (χ1) is 9.01. The second kappa shape index (κ2) is 7.15. The summed E-state index contributed by atoms with van der Waals surface area (Å²) in [6.07, 6.45) is 0.117. The van der Waals surface area contributed by atoms with Gasteiger partial charge >= 0.3 is 0 Å². The Balaban J connectivity index is 2.50. The summed E-state index contributed by atoms with van der Waals surface area (Å²) in [5.41, 5.74) is 3.49. The summed E-state index contributed by atoms with van der Waals surface area (Å²) in [7, 11) is 1.58. The van der Waals surface area contributed by atoms with Gasteiger partial charge in [-0.3, -0.25) is 9.59 Å². The number of nitrogens with one attached hydrogen (secondary N) is 2. The molecule has 0 aliphatic rings. The van der Waals surface area contributed by atoms with Crippen LogP contribution in [0.2, 0.25) is 0 Å². The molecule has 1 aromatic rings. The molecule has 0 atom stereocenters. The quantitative estimate of drug-likeness (QED) is 0.624. The molecule has 6 heteroatoms. The Morgan fingerprint density at radius 1 is 1.21 bits per heavy atom. The Bertz CT molecular complexity index is 480. The number of amides is 2. The smallest absolute Gasteiger partial charge is 0.236 e. The first kappa shape index (κ1) is 14.7. The van der Waals surface area contributed by atoms with Gasteiger partial charge in [0.25, 0.3) is 0 Å². The number of rotatable bonds is 5. The Labute approximate surface area is 111 Å². The molecular weight excluding hydrogens is 246 g/mol. The number of ether oxygens (including phenoxy) is 1. The second-order valence-electron chi connectivity index (χ2n) is 3.97. The van der Waals surface area contributed by atoms with Gasteiger partial charge in [0, 0.05) is 18.3 Å². The largest absolute Gasteiger partial charge is 0.497 e. The van der Waals surface area contributed by atoms with Gasteiger partial charge in [0.1, 0.15) is 5.75 Å². The Kier molecular flexibility index (Phi) is 5.53. The molecule has 0 aliphatic heterocycles. The van der Waals surface area contributed by atoms with E-state index in [-0.39, 0.29) is 18.2 Å². The molecule has 0 aliphatic carbocycles. The van der Waals surface area contributed by atoms with Crippen LogP contribution in [-0.4, -0.2) is 24.6 Å². The van der Waals surface area contributed by atoms with Crippen LogP contribution in [0, 0.1) is 0 Å². The van der Waals surface area contributed by atoms with E-state index in [1.165, 1.54) is 6.92 Å². The third-order valence-electron chi connectivity index (χ3n) is 2.19. The monoisotopic (exact) mass is 263 g/mol. The van der Waals surface area contributed by atoms with E-state index in [1.807, 2.05) is 0 Å². The van der Waals surface area contributed by atoms with Gasteiger partial charge in [-0.15, -0.1) is 0 Å². The van der Waals surface area contributed by atoms with Crippen molar-refractivity contribution in [3.05, 3.63) is 24.3 Å². The van der Waals surface area contributed by atoms with Gasteiger partial charge in [0.2, 0.25) is 11.8 Å². The average molecular weight is 263 g/mol. The van der Waals surface area contributed by atoms with Crippen LogP contribution in [0.4, 0.5) is 5.69 Å². The number of methoxy groups -OCH3 is 1. The zero-order valence-corrected chi connectivity index (χ0v) is 11.2. The SMILES string of the molecule is COc1ccc(NC(=O)CC(C)=NNC(C)=O)cc1. The highest BCUT2D eigenvalue weighted by molar-refractivity contribution is 6.05. The van der Waals surface area contributed by atoms with Crippen LogP contribution in [0.1, 0.15) is 20.3 Å². The highest BCUT2D eigenvalue weighted by Crippen LogP contribution is 2.15. The van der Waals surface area contributed by atoms with Crippen LogP contribution in [0.3, 0.4) is 0 Å². The molecule has 0 saturated heterocycles. The summed E-state index contributed by atoms with van der Waals surface area (Å²) in [6.45, 7) is 3.03. The second-order valence-corrected chi connectivity index (χ2v) is 3.97. The van der Waals surface area contributed by atoms with E-state index in [0.29, 0.717) is 11.4 Å². The van der Waals surface area contributed by atoms with E-state index >= 15 is 0 Å². The van der Waals surface area contributed by atoms with Crippen molar-refractivity contribution >= 4 is 23.2 Å². The fraction of sp³-hybridized carbons (Fsp3) is 0.308. The van der Waals surface area contributed by atoms with Crippen LogP contribution < -0.4 is 15.5 Å². The van der Waals surface area contributed by atoms with Crippen molar-refractivity contribution in [2.75, 3.05) is 12.4 Å². The third-order valence-corrected chi connectivity index (χ3v) is 2.19. The molecule has 0 bridgehead atoms. The first-order valence-corrected chi connectivity index (χ1v) is 5.75. The van der Waals surface area contributed by atoms with Crippen LogP contribution in [0.25, 0.3) is 0 Å². The minimum Gasteiger partial charge on any atom is -0.497 e. The number of hydrogen-bond acceptors (Lipinski definition) is 4. The fourth-order valence-corrected chi connectivity index (χ4v) is 1.33. The molecular formula is C13H17N3O3. The highest BCUT2D eigenvalue weighted by atomic mass is 16.5. The average Bonchev–Trinajstić information content (AvgIpc) is 2.37. The summed E-state index contributed by atoms with van der Waals surface area (Å²) < 4.78 is 5.02. The molecule has 2 N–H and O–H groups in total. The summed E-state index contributed by atoms with van der Waals surface area (Å²) in [4.78, 5) is 22.3. The lowest BCUT2D eigenvalue weighted by molar-refractivity contribution is -0.119. The van der Waals surface area contributed by atoms with Gasteiger partial charge in [-0.05, 0) is 31.2 Å². The molecule has 0 aromatic heterocycles. The lowest BCUT2D eigenvalue weighted by atomic mass is 10.2. The Morgan fingerprint density at radius 2 is 1.84 bits per heavy atom. The van der Waals surface area contributed by atoms with Gasteiger partial charge in [0.05, 0.1) is 13.5 Å². The molecule has 102 valence electrons. The Hall–Kier alpha value is -2.37. The van der Waals surface area contributed by atoms with Crippen LogP contribution in [-0.2, 0) is 9.59 Å². The van der Waals surface area contributed by atoms with E-state index in [4.69, 9.17) is 4.74 Å². The molecule has 0 radical (unpaired) electrons. The van der Waals surface area contributed by atoms with Gasteiger partial charge in [-0.2, -0.15) is 5.10 Å².